The molecule has 0 amide bonds. The molecule has 0 aliphatic heterocycles. The fourth-order valence-corrected chi connectivity index (χ4v) is 4.66. The van der Waals surface area contributed by atoms with Crippen molar-refractivity contribution in [1.29, 1.82) is 0 Å². The SMILES string of the molecule is CC1(C)CC(=O)c2cc(C(OC(=O)c3ccccc3)c3ccccc3)n(-c3ccccn3)c2C1. The molecule has 1 aliphatic rings. The number of nitrogens with zero attached hydrogens (tertiary/aromatic N) is 2. The summed E-state index contributed by atoms with van der Waals surface area (Å²) in [5, 5.41) is 0. The van der Waals surface area contributed by atoms with Crippen LogP contribution in [0.4, 0.5) is 0 Å². The number of rotatable bonds is 5. The third-order valence-electron chi connectivity index (χ3n) is 6.20. The minimum atomic E-state index is -0.711. The van der Waals surface area contributed by atoms with Gasteiger partial charge in [-0.05, 0) is 47.7 Å². The number of hydrogen-bond donors (Lipinski definition) is 0. The lowest BCUT2D eigenvalue weighted by atomic mass is 9.76. The first-order chi connectivity index (χ1) is 16.4. The second-order valence-electron chi connectivity index (χ2n) is 9.46. The standard InChI is InChI=1S/C29H26N2O3/c1-29(2)18-24-22(25(32)19-29)17-23(31(24)26-15-9-10-16-30-26)27(20-11-5-3-6-12-20)34-28(33)21-13-7-4-8-14-21/h3-17,27H,18-19H2,1-2H3. The van der Waals surface area contributed by atoms with E-state index in [4.69, 9.17) is 4.74 Å². The van der Waals surface area contributed by atoms with E-state index in [9.17, 15) is 9.59 Å². The third kappa shape index (κ3) is 4.17. The van der Waals surface area contributed by atoms with Gasteiger partial charge in [-0.3, -0.25) is 9.36 Å². The van der Waals surface area contributed by atoms with E-state index < -0.39 is 12.1 Å². The molecule has 0 bridgehead atoms. The van der Waals surface area contributed by atoms with Crippen LogP contribution >= 0.6 is 0 Å². The molecule has 2 aromatic carbocycles. The molecule has 0 fully saturated rings. The molecule has 5 rings (SSSR count). The molecule has 0 N–H and O–H groups in total. The first-order valence-electron chi connectivity index (χ1n) is 11.4. The Kier molecular flexibility index (Phi) is 5.62. The first kappa shape index (κ1) is 21.8. The van der Waals surface area contributed by atoms with E-state index in [0.29, 0.717) is 29.1 Å². The van der Waals surface area contributed by atoms with Crippen LogP contribution in [0, 0.1) is 5.41 Å². The van der Waals surface area contributed by atoms with Crippen molar-refractivity contribution in [1.82, 2.24) is 9.55 Å². The summed E-state index contributed by atoms with van der Waals surface area (Å²) in [7, 11) is 0. The smallest absolute Gasteiger partial charge is 0.339 e. The summed E-state index contributed by atoms with van der Waals surface area (Å²) in [6, 6.07) is 26.2. The van der Waals surface area contributed by atoms with E-state index >= 15 is 0 Å². The van der Waals surface area contributed by atoms with Crippen LogP contribution < -0.4 is 0 Å². The van der Waals surface area contributed by atoms with Gasteiger partial charge >= 0.3 is 5.97 Å². The van der Waals surface area contributed by atoms with E-state index in [1.165, 1.54) is 0 Å². The molecule has 0 saturated carbocycles. The Bertz CT molecular complexity index is 1330. The number of carbonyl (C=O) groups excluding carboxylic acids is 2. The van der Waals surface area contributed by atoms with Crippen LogP contribution in [0.1, 0.15) is 64.0 Å². The largest absolute Gasteiger partial charge is 0.447 e. The fourth-order valence-electron chi connectivity index (χ4n) is 4.66. The van der Waals surface area contributed by atoms with E-state index in [0.717, 1.165) is 17.7 Å². The molecule has 34 heavy (non-hydrogen) atoms. The van der Waals surface area contributed by atoms with E-state index in [1.807, 2.05) is 77.4 Å². The maximum Gasteiger partial charge on any atom is 0.339 e. The predicted molar refractivity (Wildman–Crippen MR) is 130 cm³/mol. The minimum absolute atomic E-state index is 0.100. The van der Waals surface area contributed by atoms with Crippen molar-refractivity contribution >= 4 is 11.8 Å². The number of carbonyl (C=O) groups is 2. The second-order valence-corrected chi connectivity index (χ2v) is 9.46. The number of fused-ring (bicyclic) bond motifs is 1. The maximum absolute atomic E-state index is 13.2. The van der Waals surface area contributed by atoms with Crippen LogP contribution in [-0.4, -0.2) is 21.3 Å². The maximum atomic E-state index is 13.2. The van der Waals surface area contributed by atoms with Gasteiger partial charge in [-0.15, -0.1) is 0 Å². The number of aromatic nitrogens is 2. The van der Waals surface area contributed by atoms with Crippen LogP contribution in [0.3, 0.4) is 0 Å². The monoisotopic (exact) mass is 450 g/mol. The molecule has 5 heteroatoms. The molecular weight excluding hydrogens is 424 g/mol. The van der Waals surface area contributed by atoms with E-state index in [2.05, 4.69) is 18.8 Å². The number of hydrogen-bond acceptors (Lipinski definition) is 4. The number of Topliss-reactive ketones (excluding diaryl/α,β-unsaturated/α-hetero) is 1. The highest BCUT2D eigenvalue weighted by atomic mass is 16.5. The van der Waals surface area contributed by atoms with Gasteiger partial charge in [0.15, 0.2) is 11.9 Å². The molecule has 1 atom stereocenters. The van der Waals surface area contributed by atoms with Crippen LogP contribution in [-0.2, 0) is 11.2 Å². The van der Waals surface area contributed by atoms with Crippen LogP contribution in [0.5, 0.6) is 0 Å². The van der Waals surface area contributed by atoms with Crippen LogP contribution in [0.15, 0.2) is 91.1 Å². The molecule has 0 spiro atoms. The van der Waals surface area contributed by atoms with Crippen molar-refractivity contribution in [3.8, 4) is 5.82 Å². The number of ketones is 1. The Hall–Kier alpha value is -3.99. The van der Waals surface area contributed by atoms with Gasteiger partial charge in [0.25, 0.3) is 0 Å². The molecule has 2 heterocycles. The molecule has 0 radical (unpaired) electrons. The van der Waals surface area contributed by atoms with Gasteiger partial charge in [-0.1, -0.05) is 68.4 Å². The Morgan fingerprint density at radius 1 is 0.941 bits per heavy atom. The third-order valence-corrected chi connectivity index (χ3v) is 6.20. The molecule has 5 nitrogen and oxygen atoms in total. The summed E-state index contributed by atoms with van der Waals surface area (Å²) in [6.07, 6.45) is 2.22. The summed E-state index contributed by atoms with van der Waals surface area (Å²) >= 11 is 0. The normalized spacial score (nSPS) is 15.4. The molecule has 1 aliphatic carbocycles. The number of pyridine rings is 1. The lowest BCUT2D eigenvalue weighted by Crippen LogP contribution is -2.28. The lowest BCUT2D eigenvalue weighted by Gasteiger charge is -2.30. The Morgan fingerprint density at radius 2 is 1.62 bits per heavy atom. The Labute approximate surface area is 199 Å². The average Bonchev–Trinajstić information content (AvgIpc) is 3.22. The predicted octanol–water partition coefficient (Wildman–Crippen LogP) is 5.97. The number of ether oxygens (including phenoxy) is 1. The summed E-state index contributed by atoms with van der Waals surface area (Å²) in [4.78, 5) is 30.9. The van der Waals surface area contributed by atoms with Gasteiger partial charge < -0.3 is 4.74 Å². The summed E-state index contributed by atoms with van der Waals surface area (Å²) in [5.74, 6) is 0.372. The molecule has 0 saturated heterocycles. The molecule has 1 unspecified atom stereocenters. The second kappa shape index (κ2) is 8.75. The van der Waals surface area contributed by atoms with Gasteiger partial charge in [0, 0.05) is 23.9 Å². The van der Waals surface area contributed by atoms with Crippen LogP contribution in [0.2, 0.25) is 0 Å². The van der Waals surface area contributed by atoms with Gasteiger partial charge in [0.2, 0.25) is 0 Å². The van der Waals surface area contributed by atoms with Crippen molar-refractivity contribution in [3.05, 3.63) is 119 Å². The first-order valence-corrected chi connectivity index (χ1v) is 11.4. The van der Waals surface area contributed by atoms with Crippen molar-refractivity contribution in [2.24, 2.45) is 5.41 Å². The zero-order valence-electron chi connectivity index (χ0n) is 19.3. The van der Waals surface area contributed by atoms with Gasteiger partial charge in [0.05, 0.1) is 11.3 Å². The number of benzene rings is 2. The molecular formula is C29H26N2O3. The minimum Gasteiger partial charge on any atom is -0.447 e. The zero-order valence-corrected chi connectivity index (χ0v) is 19.3. The van der Waals surface area contributed by atoms with E-state index in [1.54, 1.807) is 18.3 Å². The van der Waals surface area contributed by atoms with E-state index in [-0.39, 0.29) is 11.2 Å². The summed E-state index contributed by atoms with van der Waals surface area (Å²) < 4.78 is 8.14. The van der Waals surface area contributed by atoms with Crippen molar-refractivity contribution < 1.29 is 14.3 Å². The lowest BCUT2D eigenvalue weighted by molar-refractivity contribution is 0.0367. The van der Waals surface area contributed by atoms with Crippen molar-refractivity contribution in [3.63, 3.8) is 0 Å². The zero-order chi connectivity index (χ0) is 23.7. The average molecular weight is 451 g/mol. The number of esters is 1. The fraction of sp³-hybridized carbons (Fsp3) is 0.207. The highest BCUT2D eigenvalue weighted by Gasteiger charge is 2.37. The van der Waals surface area contributed by atoms with Crippen LogP contribution in [0.25, 0.3) is 5.82 Å². The quantitative estimate of drug-likeness (QED) is 0.351. The van der Waals surface area contributed by atoms with Crippen molar-refractivity contribution in [2.45, 2.75) is 32.8 Å². The Morgan fingerprint density at radius 3 is 2.29 bits per heavy atom. The van der Waals surface area contributed by atoms with Gasteiger partial charge in [0.1, 0.15) is 5.82 Å². The van der Waals surface area contributed by atoms with Gasteiger partial charge in [-0.25, -0.2) is 9.78 Å². The molecule has 2 aromatic heterocycles. The Balaban J connectivity index is 1.70. The summed E-state index contributed by atoms with van der Waals surface area (Å²) in [5.41, 5.74) is 3.43. The summed E-state index contributed by atoms with van der Waals surface area (Å²) in [6.45, 7) is 4.21. The molecule has 4 aromatic rings. The van der Waals surface area contributed by atoms with Gasteiger partial charge in [-0.2, -0.15) is 0 Å². The van der Waals surface area contributed by atoms with Crippen molar-refractivity contribution in [2.75, 3.05) is 0 Å². The topological polar surface area (TPSA) is 61.2 Å². The highest BCUT2D eigenvalue weighted by molar-refractivity contribution is 5.99. The molecule has 170 valence electrons. The highest BCUT2D eigenvalue weighted by Crippen LogP contribution is 2.40.